The van der Waals surface area contributed by atoms with Crippen molar-refractivity contribution in [2.24, 2.45) is 0 Å². The molecule has 0 saturated heterocycles. The van der Waals surface area contributed by atoms with Gasteiger partial charge in [0.25, 0.3) is 0 Å². The minimum absolute atomic E-state index is 0.186. The molecule has 28 heavy (non-hydrogen) atoms. The Bertz CT molecular complexity index is 754. The molecule has 0 aromatic heterocycles. The lowest BCUT2D eigenvalue weighted by Crippen LogP contribution is -2.07. The Morgan fingerprint density at radius 3 is 1.11 bits per heavy atom. The Morgan fingerprint density at radius 1 is 0.536 bits per heavy atom. The molecular formula is C26H34O2. The van der Waals surface area contributed by atoms with Crippen LogP contribution < -0.4 is 0 Å². The molecule has 0 heterocycles. The molecule has 0 saturated carbocycles. The quantitative estimate of drug-likeness (QED) is 0.534. The maximum Gasteiger partial charge on any atom is 0.133 e. The van der Waals surface area contributed by atoms with Crippen molar-refractivity contribution in [3.05, 3.63) is 68.8 Å². The molecule has 150 valence electrons. The van der Waals surface area contributed by atoms with Crippen LogP contribution in [-0.2, 0) is 22.4 Å². The van der Waals surface area contributed by atoms with Gasteiger partial charge in [-0.2, -0.15) is 0 Å². The second-order valence-corrected chi connectivity index (χ2v) is 8.29. The summed E-state index contributed by atoms with van der Waals surface area (Å²) in [5.74, 6) is 0.373. The van der Waals surface area contributed by atoms with E-state index in [9.17, 15) is 9.59 Å². The van der Waals surface area contributed by atoms with Crippen molar-refractivity contribution in [3.8, 4) is 0 Å². The van der Waals surface area contributed by atoms with E-state index in [0.29, 0.717) is 25.7 Å². The molecule has 0 atom stereocenters. The summed E-state index contributed by atoms with van der Waals surface area (Å²) in [6, 6.07) is 8.69. The summed E-state index contributed by atoms with van der Waals surface area (Å²) in [6.07, 6.45) is 3.30. The van der Waals surface area contributed by atoms with E-state index in [2.05, 4.69) is 65.8 Å². The van der Waals surface area contributed by atoms with E-state index in [1.165, 1.54) is 44.5 Å². The van der Waals surface area contributed by atoms with Crippen LogP contribution in [0.15, 0.2) is 24.3 Å². The van der Waals surface area contributed by atoms with Crippen LogP contribution in [0.25, 0.3) is 0 Å². The number of aryl methyl sites for hydroxylation is 6. The van der Waals surface area contributed by atoms with E-state index in [-0.39, 0.29) is 11.6 Å². The third-order valence-electron chi connectivity index (χ3n) is 6.04. The highest BCUT2D eigenvalue weighted by atomic mass is 16.1. The smallest absolute Gasteiger partial charge is 0.133 e. The SMILES string of the molecule is Cc1cc(CCC(=O)CCC(=O)CCc2cc(C)c(C)c(C)c2)cc(C)c1C. The Labute approximate surface area is 170 Å². The molecule has 2 nitrogen and oxygen atoms in total. The summed E-state index contributed by atoms with van der Waals surface area (Å²) in [7, 11) is 0. The van der Waals surface area contributed by atoms with E-state index in [1.54, 1.807) is 0 Å². The first kappa shape index (κ1) is 22.1. The topological polar surface area (TPSA) is 34.1 Å². The van der Waals surface area contributed by atoms with Crippen molar-refractivity contribution >= 4 is 11.6 Å². The van der Waals surface area contributed by atoms with Gasteiger partial charge in [0.15, 0.2) is 0 Å². The summed E-state index contributed by atoms with van der Waals surface area (Å²) in [4.78, 5) is 24.4. The summed E-state index contributed by atoms with van der Waals surface area (Å²) >= 11 is 0. The summed E-state index contributed by atoms with van der Waals surface area (Å²) in [6.45, 7) is 12.7. The molecule has 0 N–H and O–H groups in total. The zero-order valence-corrected chi connectivity index (χ0v) is 18.4. The number of carbonyl (C=O) groups excluding carboxylic acids is 2. The molecule has 0 amide bonds. The lowest BCUT2D eigenvalue weighted by atomic mass is 9.96. The van der Waals surface area contributed by atoms with Crippen LogP contribution in [0.2, 0.25) is 0 Å². The average Bonchev–Trinajstić information content (AvgIpc) is 2.65. The highest BCUT2D eigenvalue weighted by molar-refractivity contribution is 5.86. The number of benzene rings is 2. The molecule has 2 aromatic carbocycles. The van der Waals surface area contributed by atoms with Gasteiger partial charge in [0, 0.05) is 25.7 Å². The second-order valence-electron chi connectivity index (χ2n) is 8.29. The first-order valence-corrected chi connectivity index (χ1v) is 10.3. The standard InChI is InChI=1S/C26H34O2/c1-17-13-23(14-18(2)21(17)5)7-9-25(27)11-12-26(28)10-8-24-15-19(3)22(6)20(4)16-24/h13-16H,7-12H2,1-6H3. The molecule has 0 fully saturated rings. The maximum absolute atomic E-state index is 12.2. The molecule has 0 bridgehead atoms. The van der Waals surface area contributed by atoms with Gasteiger partial charge < -0.3 is 0 Å². The second kappa shape index (κ2) is 9.82. The molecule has 2 rings (SSSR count). The van der Waals surface area contributed by atoms with E-state index in [4.69, 9.17) is 0 Å². The van der Waals surface area contributed by atoms with Crippen molar-refractivity contribution in [3.63, 3.8) is 0 Å². The summed E-state index contributed by atoms with van der Waals surface area (Å²) < 4.78 is 0. The predicted octanol–water partition coefficient (Wildman–Crippen LogP) is 6.02. The normalized spacial score (nSPS) is 10.9. The highest BCUT2D eigenvalue weighted by Gasteiger charge is 2.10. The number of carbonyl (C=O) groups is 2. The molecule has 0 aliphatic rings. The highest BCUT2D eigenvalue weighted by Crippen LogP contribution is 2.18. The minimum Gasteiger partial charge on any atom is -0.300 e. The van der Waals surface area contributed by atoms with Gasteiger partial charge in [0.1, 0.15) is 11.6 Å². The van der Waals surface area contributed by atoms with Gasteiger partial charge in [-0.3, -0.25) is 9.59 Å². The van der Waals surface area contributed by atoms with Crippen molar-refractivity contribution in [1.29, 1.82) is 0 Å². The van der Waals surface area contributed by atoms with Gasteiger partial charge >= 0.3 is 0 Å². The maximum atomic E-state index is 12.2. The fourth-order valence-electron chi connectivity index (χ4n) is 3.64. The molecule has 0 radical (unpaired) electrons. The van der Waals surface area contributed by atoms with Crippen LogP contribution in [-0.4, -0.2) is 11.6 Å². The molecule has 2 heteroatoms. The summed E-state index contributed by atoms with van der Waals surface area (Å²) in [5.41, 5.74) is 10.2. The number of Topliss-reactive ketones (excluding diaryl/α,β-unsaturated/α-hetero) is 2. The Balaban J connectivity index is 1.76. The largest absolute Gasteiger partial charge is 0.300 e. The van der Waals surface area contributed by atoms with E-state index in [1.807, 2.05) is 0 Å². The number of hydrogen-bond donors (Lipinski definition) is 0. The van der Waals surface area contributed by atoms with Crippen LogP contribution in [0.1, 0.15) is 70.2 Å². The van der Waals surface area contributed by atoms with Crippen LogP contribution >= 0.6 is 0 Å². The number of hydrogen-bond acceptors (Lipinski definition) is 2. The van der Waals surface area contributed by atoms with Gasteiger partial charge in [-0.25, -0.2) is 0 Å². The monoisotopic (exact) mass is 378 g/mol. The molecule has 0 unspecified atom stereocenters. The van der Waals surface area contributed by atoms with Gasteiger partial charge in [-0.05, 0) is 98.9 Å². The van der Waals surface area contributed by atoms with Crippen LogP contribution in [0.3, 0.4) is 0 Å². The number of rotatable bonds is 9. The van der Waals surface area contributed by atoms with Crippen molar-refractivity contribution in [1.82, 2.24) is 0 Å². The first-order valence-electron chi connectivity index (χ1n) is 10.3. The van der Waals surface area contributed by atoms with Gasteiger partial charge in [0.2, 0.25) is 0 Å². The minimum atomic E-state index is 0.186. The number of ketones is 2. The van der Waals surface area contributed by atoms with Crippen LogP contribution in [0.5, 0.6) is 0 Å². The van der Waals surface area contributed by atoms with Crippen molar-refractivity contribution in [2.75, 3.05) is 0 Å². The van der Waals surface area contributed by atoms with Gasteiger partial charge in [-0.1, -0.05) is 24.3 Å². The molecule has 0 aliphatic heterocycles. The van der Waals surface area contributed by atoms with E-state index in [0.717, 1.165) is 12.8 Å². The average molecular weight is 379 g/mol. The Kier molecular flexibility index (Phi) is 7.74. The lowest BCUT2D eigenvalue weighted by molar-refractivity contribution is -0.124. The fraction of sp³-hybridized carbons (Fsp3) is 0.462. The molecule has 0 aliphatic carbocycles. The zero-order chi connectivity index (χ0) is 20.8. The zero-order valence-electron chi connectivity index (χ0n) is 18.4. The van der Waals surface area contributed by atoms with E-state index < -0.39 is 0 Å². The Hall–Kier alpha value is -2.22. The van der Waals surface area contributed by atoms with Crippen molar-refractivity contribution in [2.45, 2.75) is 80.1 Å². The summed E-state index contributed by atoms with van der Waals surface area (Å²) in [5, 5.41) is 0. The molecular weight excluding hydrogens is 344 g/mol. The van der Waals surface area contributed by atoms with Crippen molar-refractivity contribution < 1.29 is 9.59 Å². The van der Waals surface area contributed by atoms with Crippen LogP contribution in [0, 0.1) is 41.5 Å². The van der Waals surface area contributed by atoms with Gasteiger partial charge in [-0.15, -0.1) is 0 Å². The van der Waals surface area contributed by atoms with Gasteiger partial charge in [0.05, 0.1) is 0 Å². The van der Waals surface area contributed by atoms with Crippen LogP contribution in [0.4, 0.5) is 0 Å². The third kappa shape index (κ3) is 6.15. The lowest BCUT2D eigenvalue weighted by Gasteiger charge is -2.09. The predicted molar refractivity (Wildman–Crippen MR) is 117 cm³/mol. The molecule has 0 spiro atoms. The third-order valence-corrected chi connectivity index (χ3v) is 6.04. The fourth-order valence-corrected chi connectivity index (χ4v) is 3.64. The first-order chi connectivity index (χ1) is 13.2. The Morgan fingerprint density at radius 2 is 0.821 bits per heavy atom. The molecule has 2 aromatic rings. The van der Waals surface area contributed by atoms with E-state index >= 15 is 0 Å².